The van der Waals surface area contributed by atoms with Crippen molar-refractivity contribution in [2.24, 2.45) is 0 Å². The van der Waals surface area contributed by atoms with Gasteiger partial charge in [0.05, 0.1) is 48.9 Å². The number of pyridine rings is 2. The van der Waals surface area contributed by atoms with E-state index in [-0.39, 0.29) is 32.3 Å². The zero-order valence-corrected chi connectivity index (χ0v) is 20.5. The van der Waals surface area contributed by atoms with Crippen molar-refractivity contribution in [1.29, 1.82) is 0 Å². The van der Waals surface area contributed by atoms with E-state index >= 15 is 0 Å². The molecule has 1 saturated heterocycles. The highest BCUT2D eigenvalue weighted by Gasteiger charge is 2.39. The molecule has 1 unspecified atom stereocenters. The maximum atomic E-state index is 14.2. The minimum atomic E-state index is -1.23. The molecule has 3 aromatic rings. The molecule has 2 aliphatic rings. The van der Waals surface area contributed by atoms with Crippen LogP contribution in [0.4, 0.5) is 4.39 Å². The molecule has 190 valence electrons. The van der Waals surface area contributed by atoms with Crippen LogP contribution in [0, 0.1) is 0 Å². The van der Waals surface area contributed by atoms with Crippen molar-refractivity contribution in [3.63, 3.8) is 0 Å². The lowest BCUT2D eigenvalue weighted by molar-refractivity contribution is -0.186. The molecule has 8 heteroatoms. The molecule has 1 amide bonds. The number of alkyl halides is 1. The van der Waals surface area contributed by atoms with Gasteiger partial charge < -0.3 is 19.9 Å². The normalized spacial score (nSPS) is 19.2. The zero-order valence-electron chi connectivity index (χ0n) is 20.5. The summed E-state index contributed by atoms with van der Waals surface area (Å²) in [5.74, 6) is -0.307. The first-order valence-corrected chi connectivity index (χ1v) is 12.1. The summed E-state index contributed by atoms with van der Waals surface area (Å²) in [4.78, 5) is 22.1. The number of aliphatic hydroxyl groups is 1. The third kappa shape index (κ3) is 5.22. The van der Waals surface area contributed by atoms with Crippen LogP contribution in [0.2, 0.25) is 0 Å². The molecule has 0 aliphatic carbocycles. The van der Waals surface area contributed by atoms with Gasteiger partial charge in [0.2, 0.25) is 0 Å². The summed E-state index contributed by atoms with van der Waals surface area (Å²) in [5.41, 5.74) is 3.08. The van der Waals surface area contributed by atoms with Crippen molar-refractivity contribution >= 4 is 18.1 Å². The zero-order chi connectivity index (χ0) is 26.0. The Kier molecular flexibility index (Phi) is 6.97. The molecule has 0 bridgehead atoms. The van der Waals surface area contributed by atoms with Crippen LogP contribution >= 0.6 is 0 Å². The lowest BCUT2D eigenvalue weighted by atomic mass is 9.97. The van der Waals surface area contributed by atoms with E-state index in [1.54, 1.807) is 24.3 Å². The van der Waals surface area contributed by atoms with E-state index in [2.05, 4.69) is 16.9 Å². The fraction of sp³-hybridized carbons (Fsp3) is 0.276. The standard InChI is InChI=1S/C29H28FN3O4/c1-3-19-9-10-25(24-5-4-6-27(33-24)29(35)16-37-17-29)32-26(19)11-18(2)13-31-28(34)20-7-8-21-14-36-15-23(30)22(21)12-20/h3-12,23,35H,2,13-17H2,1H3,(H,31,34)/b19-3-,26-11+. The van der Waals surface area contributed by atoms with Crippen LogP contribution in [0.3, 0.4) is 0 Å². The summed E-state index contributed by atoms with van der Waals surface area (Å²) in [6.45, 7) is 6.99. The predicted molar refractivity (Wildman–Crippen MR) is 137 cm³/mol. The number of aromatic nitrogens is 2. The molecule has 5 rings (SSSR count). The number of hydrogen-bond donors (Lipinski definition) is 2. The summed E-state index contributed by atoms with van der Waals surface area (Å²) in [7, 11) is 0. The first kappa shape index (κ1) is 25.0. The highest BCUT2D eigenvalue weighted by Crippen LogP contribution is 2.29. The van der Waals surface area contributed by atoms with E-state index in [4.69, 9.17) is 14.5 Å². The molecule has 1 atom stereocenters. The number of amides is 1. The van der Waals surface area contributed by atoms with Crippen LogP contribution in [-0.4, -0.2) is 47.3 Å². The summed E-state index contributed by atoms with van der Waals surface area (Å²) in [6, 6.07) is 14.3. The quantitative estimate of drug-likeness (QED) is 0.539. The van der Waals surface area contributed by atoms with E-state index in [1.165, 1.54) is 0 Å². The van der Waals surface area contributed by atoms with E-state index < -0.39 is 11.8 Å². The number of nitrogens with zero attached hydrogens (tertiary/aromatic N) is 2. The van der Waals surface area contributed by atoms with Gasteiger partial charge in [-0.15, -0.1) is 0 Å². The average molecular weight is 502 g/mol. The third-order valence-electron chi connectivity index (χ3n) is 6.52. The van der Waals surface area contributed by atoms with Crippen LogP contribution in [0.5, 0.6) is 0 Å². The Morgan fingerprint density at radius 1 is 1.19 bits per heavy atom. The molecule has 2 N–H and O–H groups in total. The van der Waals surface area contributed by atoms with Gasteiger partial charge in [-0.25, -0.2) is 14.4 Å². The van der Waals surface area contributed by atoms with E-state index in [0.717, 1.165) is 10.8 Å². The van der Waals surface area contributed by atoms with Crippen LogP contribution in [0.15, 0.2) is 60.7 Å². The molecular weight excluding hydrogens is 473 g/mol. The minimum absolute atomic E-state index is 0.00177. The topological polar surface area (TPSA) is 93.6 Å². The monoisotopic (exact) mass is 501 g/mol. The number of benzene rings is 1. The highest BCUT2D eigenvalue weighted by molar-refractivity contribution is 5.94. The van der Waals surface area contributed by atoms with E-state index in [1.807, 2.05) is 43.3 Å². The Hall–Kier alpha value is -3.72. The Morgan fingerprint density at radius 3 is 2.76 bits per heavy atom. The second-order valence-electron chi connectivity index (χ2n) is 9.27. The number of hydrogen-bond acceptors (Lipinski definition) is 6. The summed E-state index contributed by atoms with van der Waals surface area (Å²) in [6.07, 6.45) is 2.52. The van der Waals surface area contributed by atoms with Crippen molar-refractivity contribution in [3.05, 3.63) is 93.6 Å². The molecule has 4 heterocycles. The van der Waals surface area contributed by atoms with Gasteiger partial charge in [-0.2, -0.15) is 0 Å². The Morgan fingerprint density at radius 2 is 2.00 bits per heavy atom. The first-order chi connectivity index (χ1) is 17.9. The number of rotatable bonds is 6. The predicted octanol–water partition coefficient (Wildman–Crippen LogP) is 2.47. The lowest BCUT2D eigenvalue weighted by Gasteiger charge is -2.35. The van der Waals surface area contributed by atoms with Crippen molar-refractivity contribution in [2.45, 2.75) is 25.3 Å². The van der Waals surface area contributed by atoms with Gasteiger partial charge in [0.1, 0.15) is 6.17 Å². The fourth-order valence-electron chi connectivity index (χ4n) is 4.33. The molecule has 0 spiro atoms. The molecule has 2 aromatic heterocycles. The highest BCUT2D eigenvalue weighted by atomic mass is 19.1. The maximum absolute atomic E-state index is 14.2. The van der Waals surface area contributed by atoms with Crippen LogP contribution in [-0.2, 0) is 21.7 Å². The Labute approximate surface area is 214 Å². The molecule has 7 nitrogen and oxygen atoms in total. The number of carbonyl (C=O) groups excluding carboxylic acids is 1. The van der Waals surface area contributed by atoms with Gasteiger partial charge in [-0.1, -0.05) is 30.9 Å². The Bertz CT molecular complexity index is 1480. The number of nitrogens with one attached hydrogen (secondary N) is 1. The average Bonchev–Trinajstić information content (AvgIpc) is 2.90. The molecule has 0 radical (unpaired) electrons. The Balaban J connectivity index is 1.33. The summed E-state index contributed by atoms with van der Waals surface area (Å²) >= 11 is 0. The van der Waals surface area contributed by atoms with E-state index in [9.17, 15) is 14.3 Å². The molecule has 1 aromatic carbocycles. The van der Waals surface area contributed by atoms with Crippen LogP contribution in [0.1, 0.15) is 40.3 Å². The summed E-state index contributed by atoms with van der Waals surface area (Å²) in [5, 5.41) is 15.0. The minimum Gasteiger partial charge on any atom is -0.379 e. The van der Waals surface area contributed by atoms with Crippen LogP contribution < -0.4 is 15.9 Å². The molecular formula is C29H28FN3O4. The van der Waals surface area contributed by atoms with Crippen molar-refractivity contribution < 1.29 is 23.8 Å². The smallest absolute Gasteiger partial charge is 0.251 e. The first-order valence-electron chi connectivity index (χ1n) is 12.1. The van der Waals surface area contributed by atoms with Gasteiger partial charge in [0.25, 0.3) is 5.91 Å². The second-order valence-corrected chi connectivity index (χ2v) is 9.27. The van der Waals surface area contributed by atoms with Gasteiger partial charge >= 0.3 is 0 Å². The van der Waals surface area contributed by atoms with Gasteiger partial charge in [-0.3, -0.25) is 4.79 Å². The lowest BCUT2D eigenvalue weighted by Crippen LogP contribution is -2.47. The third-order valence-corrected chi connectivity index (χ3v) is 6.52. The molecule has 0 saturated carbocycles. The van der Waals surface area contributed by atoms with Crippen molar-refractivity contribution in [1.82, 2.24) is 15.3 Å². The molecule has 2 aliphatic heterocycles. The van der Waals surface area contributed by atoms with Crippen molar-refractivity contribution in [3.8, 4) is 11.4 Å². The van der Waals surface area contributed by atoms with E-state index in [0.29, 0.717) is 45.7 Å². The number of fused-ring (bicyclic) bond motifs is 1. The SMILES string of the molecule is C=C(/C=c1/nc(-c2cccc(C3(O)COC3)n2)cc/c1=C/C)CNC(=O)c1ccc2c(c1)C(F)COC2. The van der Waals surface area contributed by atoms with Gasteiger partial charge in [0, 0.05) is 12.1 Å². The number of halogens is 1. The fourth-order valence-corrected chi connectivity index (χ4v) is 4.33. The molecule has 37 heavy (non-hydrogen) atoms. The second kappa shape index (κ2) is 10.3. The number of carbonyl (C=O) groups is 1. The van der Waals surface area contributed by atoms with Gasteiger partial charge in [-0.05, 0) is 65.3 Å². The largest absolute Gasteiger partial charge is 0.379 e. The van der Waals surface area contributed by atoms with Gasteiger partial charge in [0.15, 0.2) is 5.60 Å². The molecule has 1 fully saturated rings. The number of ether oxygens (including phenoxy) is 2. The van der Waals surface area contributed by atoms with Crippen molar-refractivity contribution in [2.75, 3.05) is 26.4 Å². The van der Waals surface area contributed by atoms with Crippen LogP contribution in [0.25, 0.3) is 23.5 Å². The maximum Gasteiger partial charge on any atom is 0.251 e. The summed E-state index contributed by atoms with van der Waals surface area (Å²) < 4.78 is 24.6.